The molecule has 0 saturated heterocycles. The summed E-state index contributed by atoms with van der Waals surface area (Å²) in [5, 5.41) is 8.28. The summed E-state index contributed by atoms with van der Waals surface area (Å²) >= 11 is 0. The zero-order valence-corrected chi connectivity index (χ0v) is 18.6. The highest BCUT2D eigenvalue weighted by molar-refractivity contribution is 7.89. The molecule has 2 aromatic carbocycles. The van der Waals surface area contributed by atoms with Crippen molar-refractivity contribution in [3.8, 4) is 5.75 Å². The normalized spacial score (nSPS) is 18.8. The molecule has 2 unspecified atom stereocenters. The maximum Gasteiger partial charge on any atom is 0.425 e. The predicted octanol–water partition coefficient (Wildman–Crippen LogP) is 3.53. The van der Waals surface area contributed by atoms with E-state index in [1.807, 2.05) is 0 Å². The van der Waals surface area contributed by atoms with Crippen LogP contribution in [0.4, 0.5) is 33.3 Å². The van der Waals surface area contributed by atoms with Gasteiger partial charge in [-0.1, -0.05) is 0 Å². The van der Waals surface area contributed by atoms with Gasteiger partial charge in [0.2, 0.25) is 15.8 Å². The third kappa shape index (κ3) is 5.75. The molecule has 184 valence electrons. The third-order valence-corrected chi connectivity index (χ3v) is 6.05. The van der Waals surface area contributed by atoms with Crippen LogP contribution in [0.15, 0.2) is 58.6 Å². The van der Waals surface area contributed by atoms with Crippen LogP contribution >= 0.6 is 0 Å². The molecule has 0 radical (unpaired) electrons. The Morgan fingerprint density at radius 3 is 2.41 bits per heavy atom. The van der Waals surface area contributed by atoms with E-state index in [-0.39, 0.29) is 22.0 Å². The van der Waals surface area contributed by atoms with Gasteiger partial charge in [0.25, 0.3) is 0 Å². The SMILES string of the molecule is CNS(=O)(=O)c1ccc(OC(C)C(F)(F)F)c(NC2(Nc3ccc(F)c(F)c3)C=CNC=N2)c1. The van der Waals surface area contributed by atoms with Gasteiger partial charge in [0.15, 0.2) is 17.7 Å². The second-order valence-corrected chi connectivity index (χ2v) is 8.96. The predicted molar refractivity (Wildman–Crippen MR) is 116 cm³/mol. The number of nitrogens with one attached hydrogen (secondary N) is 4. The molecule has 4 N–H and O–H groups in total. The topological polar surface area (TPSA) is 104 Å². The zero-order chi connectivity index (χ0) is 25.1. The average molecular weight is 505 g/mol. The van der Waals surface area contributed by atoms with E-state index in [9.17, 15) is 30.4 Å². The van der Waals surface area contributed by atoms with E-state index in [4.69, 9.17) is 4.74 Å². The summed E-state index contributed by atoms with van der Waals surface area (Å²) in [6.45, 7) is 0.792. The molecule has 0 bridgehead atoms. The van der Waals surface area contributed by atoms with Gasteiger partial charge in [-0.05, 0) is 44.3 Å². The van der Waals surface area contributed by atoms with Crippen molar-refractivity contribution >= 4 is 27.7 Å². The molecule has 1 aliphatic rings. The number of hydrogen-bond donors (Lipinski definition) is 4. The minimum absolute atomic E-state index is 0.0697. The molecule has 0 saturated carbocycles. The fourth-order valence-corrected chi connectivity index (χ4v) is 3.58. The highest BCUT2D eigenvalue weighted by Gasteiger charge is 2.39. The Labute approximate surface area is 192 Å². The standard InChI is InChI=1S/C20H20F5N5O3S/c1-12(20(23,24)25)33-18-6-4-14(34(31,32)26-2)10-17(18)30-19(7-8-27-11-28-19)29-13-3-5-15(21)16(22)9-13/h3-12,26,29-30H,1-2H3,(H,27,28). The summed E-state index contributed by atoms with van der Waals surface area (Å²) < 4.78 is 98.1. The number of benzene rings is 2. The largest absolute Gasteiger partial charge is 0.479 e. The molecule has 34 heavy (non-hydrogen) atoms. The number of halogens is 5. The van der Waals surface area contributed by atoms with Crippen molar-refractivity contribution in [1.82, 2.24) is 10.0 Å². The van der Waals surface area contributed by atoms with E-state index < -0.39 is 39.7 Å². The Balaban J connectivity index is 2.06. The fraction of sp³-hybridized carbons (Fsp3) is 0.250. The molecule has 0 spiro atoms. The van der Waals surface area contributed by atoms with E-state index in [0.717, 1.165) is 37.3 Å². The Hall–Kier alpha value is -3.39. The van der Waals surface area contributed by atoms with Crippen molar-refractivity contribution in [2.24, 2.45) is 4.99 Å². The van der Waals surface area contributed by atoms with Gasteiger partial charge >= 0.3 is 6.18 Å². The number of anilines is 2. The minimum Gasteiger partial charge on any atom is -0.479 e. The van der Waals surface area contributed by atoms with E-state index >= 15 is 0 Å². The lowest BCUT2D eigenvalue weighted by Crippen LogP contribution is -2.45. The average Bonchev–Trinajstić information content (AvgIpc) is 2.77. The molecule has 0 amide bonds. The molecule has 1 aliphatic heterocycles. The minimum atomic E-state index is -4.69. The number of ether oxygens (including phenoxy) is 1. The first kappa shape index (κ1) is 25.2. The van der Waals surface area contributed by atoms with Gasteiger partial charge in [0.05, 0.1) is 16.9 Å². The van der Waals surface area contributed by atoms with Crippen LogP contribution in [0.2, 0.25) is 0 Å². The van der Waals surface area contributed by atoms with E-state index in [0.29, 0.717) is 0 Å². The van der Waals surface area contributed by atoms with Gasteiger partial charge in [-0.25, -0.2) is 26.9 Å². The number of nitrogens with zero attached hydrogens (tertiary/aromatic N) is 1. The summed E-state index contributed by atoms with van der Waals surface area (Å²) in [6.07, 6.45) is -2.87. The van der Waals surface area contributed by atoms with Crippen molar-refractivity contribution in [3.05, 3.63) is 60.3 Å². The van der Waals surface area contributed by atoms with E-state index in [1.165, 1.54) is 31.7 Å². The Kier molecular flexibility index (Phi) is 7.02. The lowest BCUT2D eigenvalue weighted by Gasteiger charge is -2.33. The molecule has 3 rings (SSSR count). The van der Waals surface area contributed by atoms with Gasteiger partial charge in [-0.3, -0.25) is 0 Å². The number of alkyl halides is 3. The second-order valence-electron chi connectivity index (χ2n) is 7.07. The van der Waals surface area contributed by atoms with E-state index in [2.05, 4.69) is 25.7 Å². The summed E-state index contributed by atoms with van der Waals surface area (Å²) in [5.74, 6) is -4.20. The maximum atomic E-state index is 13.7. The van der Waals surface area contributed by atoms with Crippen LogP contribution in [0.25, 0.3) is 0 Å². The Bertz CT molecular complexity index is 1210. The molecule has 8 nitrogen and oxygen atoms in total. The summed E-state index contributed by atoms with van der Waals surface area (Å²) in [6, 6.07) is 6.15. The third-order valence-electron chi connectivity index (χ3n) is 4.64. The maximum absolute atomic E-state index is 13.7. The van der Waals surface area contributed by atoms with Crippen LogP contribution in [-0.4, -0.2) is 39.9 Å². The molecule has 0 fully saturated rings. The fourth-order valence-electron chi connectivity index (χ4n) is 2.82. The quantitative estimate of drug-likeness (QED) is 0.323. The molecule has 2 aromatic rings. The van der Waals surface area contributed by atoms with Crippen LogP contribution in [0.5, 0.6) is 5.75 Å². The lowest BCUT2D eigenvalue weighted by atomic mass is 10.2. The summed E-state index contributed by atoms with van der Waals surface area (Å²) in [7, 11) is -2.80. The molecule has 0 aromatic heterocycles. The monoisotopic (exact) mass is 505 g/mol. The highest BCUT2D eigenvalue weighted by atomic mass is 32.2. The molecule has 2 atom stereocenters. The summed E-state index contributed by atoms with van der Waals surface area (Å²) in [5.41, 5.74) is -0.105. The van der Waals surface area contributed by atoms with Crippen molar-refractivity contribution in [2.45, 2.75) is 29.9 Å². The molecule has 0 aliphatic carbocycles. The van der Waals surface area contributed by atoms with Crippen LogP contribution in [0.3, 0.4) is 0 Å². The number of sulfonamides is 1. The van der Waals surface area contributed by atoms with Crippen molar-refractivity contribution < 1.29 is 35.1 Å². The first-order valence-corrected chi connectivity index (χ1v) is 11.1. The Morgan fingerprint density at radius 2 is 1.82 bits per heavy atom. The van der Waals surface area contributed by atoms with Gasteiger partial charge < -0.3 is 20.7 Å². The smallest absolute Gasteiger partial charge is 0.425 e. The molecule has 14 heteroatoms. The number of aliphatic imine (C=N–C) groups is 1. The van der Waals surface area contributed by atoms with Gasteiger partial charge in [-0.2, -0.15) is 13.2 Å². The Morgan fingerprint density at radius 1 is 1.09 bits per heavy atom. The second kappa shape index (κ2) is 9.46. The van der Waals surface area contributed by atoms with E-state index in [1.54, 1.807) is 0 Å². The molecule has 1 heterocycles. The number of hydrogen-bond acceptors (Lipinski definition) is 7. The molecular formula is C20H20F5N5O3S. The van der Waals surface area contributed by atoms with Crippen molar-refractivity contribution in [1.29, 1.82) is 0 Å². The van der Waals surface area contributed by atoms with Crippen molar-refractivity contribution in [3.63, 3.8) is 0 Å². The molecular weight excluding hydrogens is 485 g/mol. The van der Waals surface area contributed by atoms with Crippen LogP contribution in [0.1, 0.15) is 6.92 Å². The van der Waals surface area contributed by atoms with Crippen LogP contribution < -0.4 is 25.4 Å². The first-order valence-electron chi connectivity index (χ1n) is 9.65. The van der Waals surface area contributed by atoms with Gasteiger partial charge in [0, 0.05) is 24.0 Å². The lowest BCUT2D eigenvalue weighted by molar-refractivity contribution is -0.189. The number of rotatable bonds is 8. The van der Waals surface area contributed by atoms with Crippen molar-refractivity contribution in [2.75, 3.05) is 17.7 Å². The summed E-state index contributed by atoms with van der Waals surface area (Å²) in [4.78, 5) is 3.91. The van der Waals surface area contributed by atoms with Crippen LogP contribution in [0, 0.1) is 11.6 Å². The van der Waals surface area contributed by atoms with Crippen LogP contribution in [-0.2, 0) is 10.0 Å². The van der Waals surface area contributed by atoms with Gasteiger partial charge in [-0.15, -0.1) is 0 Å². The first-order chi connectivity index (χ1) is 15.8. The highest BCUT2D eigenvalue weighted by Crippen LogP contribution is 2.35. The van der Waals surface area contributed by atoms with Gasteiger partial charge in [0.1, 0.15) is 5.75 Å². The zero-order valence-electron chi connectivity index (χ0n) is 17.7.